The number of nitrogens with zero attached hydrogens (tertiary/aromatic N) is 1. The minimum absolute atomic E-state index is 0.0167. The van der Waals surface area contributed by atoms with Gasteiger partial charge in [-0.05, 0) is 17.7 Å². The fourth-order valence-corrected chi connectivity index (χ4v) is 2.49. The summed E-state index contributed by atoms with van der Waals surface area (Å²) in [6.07, 6.45) is 1.92. The zero-order chi connectivity index (χ0) is 15.5. The number of ether oxygens (including phenoxy) is 2. The van der Waals surface area contributed by atoms with Crippen molar-refractivity contribution in [3.63, 3.8) is 0 Å². The molecule has 1 aromatic heterocycles. The highest BCUT2D eigenvalue weighted by Gasteiger charge is 2.23. The Bertz CT molecular complexity index is 700. The smallest absolute Gasteiger partial charge is 0.289 e. The Morgan fingerprint density at radius 2 is 2.09 bits per heavy atom. The molecular weight excluding hydrogens is 280 g/mol. The molecule has 0 saturated carbocycles. The van der Waals surface area contributed by atoms with Crippen molar-refractivity contribution in [3.05, 3.63) is 53.9 Å². The molecule has 0 unspecified atom stereocenters. The first-order chi connectivity index (χ1) is 10.6. The monoisotopic (exact) mass is 299 g/mol. The average Bonchev–Trinajstić information content (AvgIpc) is 3.00. The molecule has 0 radical (unpaired) electrons. The van der Waals surface area contributed by atoms with E-state index in [1.165, 1.54) is 0 Å². The van der Waals surface area contributed by atoms with Crippen molar-refractivity contribution < 1.29 is 18.8 Å². The van der Waals surface area contributed by atoms with Gasteiger partial charge in [-0.3, -0.25) is 4.79 Å². The Balaban J connectivity index is 1.64. The summed E-state index contributed by atoms with van der Waals surface area (Å²) in [5, 5.41) is 2.96. The first kappa shape index (κ1) is 14.4. The van der Waals surface area contributed by atoms with Crippen LogP contribution in [-0.4, -0.2) is 12.7 Å². The first-order valence-corrected chi connectivity index (χ1v) is 7.28. The van der Waals surface area contributed by atoms with Gasteiger partial charge in [0, 0.05) is 32.5 Å². The third kappa shape index (κ3) is 2.88. The van der Waals surface area contributed by atoms with Crippen molar-refractivity contribution in [2.75, 3.05) is 6.79 Å². The van der Waals surface area contributed by atoms with Gasteiger partial charge in [0.05, 0.1) is 0 Å². The van der Waals surface area contributed by atoms with Gasteiger partial charge in [-0.15, -0.1) is 0 Å². The van der Waals surface area contributed by atoms with Gasteiger partial charge in [-0.2, -0.15) is 4.57 Å². The molecule has 0 aliphatic carbocycles. The van der Waals surface area contributed by atoms with E-state index in [1.54, 1.807) is 0 Å². The summed E-state index contributed by atoms with van der Waals surface area (Å²) in [5.41, 5.74) is 2.04. The Morgan fingerprint density at radius 1 is 1.27 bits per heavy atom. The Hall–Kier alpha value is -2.56. The van der Waals surface area contributed by atoms with Crippen molar-refractivity contribution in [3.8, 4) is 11.5 Å². The van der Waals surface area contributed by atoms with Crippen LogP contribution in [0.3, 0.4) is 0 Å². The summed E-state index contributed by atoms with van der Waals surface area (Å²) in [6, 6.07) is 11.3. The molecule has 5 heteroatoms. The molecular formula is C17H19N2O3+. The van der Waals surface area contributed by atoms with E-state index >= 15 is 0 Å². The highest BCUT2D eigenvalue weighted by atomic mass is 16.7. The number of rotatable bonds is 4. The van der Waals surface area contributed by atoms with Crippen molar-refractivity contribution in [1.82, 2.24) is 5.32 Å². The normalized spacial score (nSPS) is 13.7. The fourth-order valence-electron chi connectivity index (χ4n) is 2.49. The maximum atomic E-state index is 12.3. The molecule has 1 atom stereocenters. The van der Waals surface area contributed by atoms with E-state index in [0.29, 0.717) is 6.54 Å². The van der Waals surface area contributed by atoms with Crippen molar-refractivity contribution in [2.45, 2.75) is 26.4 Å². The molecule has 5 nitrogen and oxygen atoms in total. The van der Waals surface area contributed by atoms with E-state index in [1.807, 2.05) is 61.0 Å². The highest BCUT2D eigenvalue weighted by Crippen LogP contribution is 2.32. The SMILES string of the molecule is Cc1cccc[n+]1[C@@H](C)C(=O)NCc1ccc2c(c1)OCO2. The molecule has 0 bridgehead atoms. The van der Waals surface area contributed by atoms with E-state index in [4.69, 9.17) is 9.47 Å². The van der Waals surface area contributed by atoms with Crippen molar-refractivity contribution in [1.29, 1.82) is 0 Å². The van der Waals surface area contributed by atoms with Crippen LogP contribution in [0, 0.1) is 6.92 Å². The van der Waals surface area contributed by atoms with Crippen LogP contribution < -0.4 is 19.4 Å². The van der Waals surface area contributed by atoms with Gasteiger partial charge in [-0.25, -0.2) is 0 Å². The first-order valence-electron chi connectivity index (χ1n) is 7.28. The van der Waals surface area contributed by atoms with Crippen LogP contribution in [0.1, 0.15) is 24.2 Å². The van der Waals surface area contributed by atoms with Crippen molar-refractivity contribution in [2.24, 2.45) is 0 Å². The van der Waals surface area contributed by atoms with Gasteiger partial charge in [0.25, 0.3) is 5.91 Å². The summed E-state index contributed by atoms with van der Waals surface area (Å²) in [4.78, 5) is 12.3. The topological polar surface area (TPSA) is 51.4 Å². The molecule has 0 saturated heterocycles. The van der Waals surface area contributed by atoms with E-state index in [9.17, 15) is 4.79 Å². The molecule has 1 aliphatic heterocycles. The second-order valence-electron chi connectivity index (χ2n) is 5.33. The number of pyridine rings is 1. The number of hydrogen-bond acceptors (Lipinski definition) is 3. The number of carbonyl (C=O) groups is 1. The number of benzene rings is 1. The summed E-state index contributed by atoms with van der Waals surface area (Å²) in [5.74, 6) is 1.46. The lowest BCUT2D eigenvalue weighted by atomic mass is 10.2. The van der Waals surface area contributed by atoms with Gasteiger partial charge in [-0.1, -0.05) is 12.1 Å². The van der Waals surface area contributed by atoms with Crippen LogP contribution in [-0.2, 0) is 11.3 Å². The number of fused-ring (bicyclic) bond motifs is 1. The maximum absolute atomic E-state index is 12.3. The van der Waals surface area contributed by atoms with Crippen LogP contribution in [0.2, 0.25) is 0 Å². The number of carbonyl (C=O) groups excluding carboxylic acids is 1. The van der Waals surface area contributed by atoms with Crippen LogP contribution in [0.15, 0.2) is 42.6 Å². The van der Waals surface area contributed by atoms with E-state index in [2.05, 4.69) is 5.32 Å². The highest BCUT2D eigenvalue weighted by molar-refractivity contribution is 5.78. The van der Waals surface area contributed by atoms with Gasteiger partial charge in [0.1, 0.15) is 0 Å². The quantitative estimate of drug-likeness (QED) is 0.877. The molecule has 1 N–H and O–H groups in total. The molecule has 3 rings (SSSR count). The standard InChI is InChI=1S/C17H18N2O3/c1-12-5-3-4-8-19(12)13(2)17(20)18-10-14-6-7-15-16(9-14)22-11-21-15/h3-9,13H,10-11H2,1-2H3/p+1/t13-/m0/s1. The molecule has 22 heavy (non-hydrogen) atoms. The van der Waals surface area contributed by atoms with Gasteiger partial charge in [0.2, 0.25) is 12.8 Å². The zero-order valence-corrected chi connectivity index (χ0v) is 12.7. The van der Waals surface area contributed by atoms with E-state index in [0.717, 1.165) is 22.8 Å². The summed E-state index contributed by atoms with van der Waals surface area (Å²) < 4.78 is 12.6. The fraction of sp³-hybridized carbons (Fsp3) is 0.294. The van der Waals surface area contributed by atoms with E-state index < -0.39 is 0 Å². The number of amides is 1. The molecule has 1 aliphatic rings. The predicted molar refractivity (Wildman–Crippen MR) is 80.5 cm³/mol. The zero-order valence-electron chi connectivity index (χ0n) is 12.7. The average molecular weight is 299 g/mol. The molecule has 2 heterocycles. The lowest BCUT2D eigenvalue weighted by Gasteiger charge is -2.10. The molecule has 0 spiro atoms. The lowest BCUT2D eigenvalue weighted by molar-refractivity contribution is -0.711. The summed E-state index contributed by atoms with van der Waals surface area (Å²) in [7, 11) is 0. The Kier molecular flexibility index (Phi) is 3.96. The number of aryl methyl sites for hydroxylation is 1. The summed E-state index contributed by atoms with van der Waals surface area (Å²) >= 11 is 0. The van der Waals surface area contributed by atoms with Crippen LogP contribution in [0.25, 0.3) is 0 Å². The lowest BCUT2D eigenvalue weighted by Crippen LogP contribution is -2.48. The predicted octanol–water partition coefficient (Wildman–Crippen LogP) is 1.89. The second kappa shape index (κ2) is 6.05. The minimum Gasteiger partial charge on any atom is -0.454 e. The Labute approximate surface area is 129 Å². The maximum Gasteiger partial charge on any atom is 0.289 e. The molecule has 0 fully saturated rings. The molecule has 1 aromatic carbocycles. The largest absolute Gasteiger partial charge is 0.454 e. The second-order valence-corrected chi connectivity index (χ2v) is 5.33. The van der Waals surface area contributed by atoms with Crippen LogP contribution >= 0.6 is 0 Å². The molecule has 1 amide bonds. The van der Waals surface area contributed by atoms with Crippen LogP contribution in [0.5, 0.6) is 11.5 Å². The number of aromatic nitrogens is 1. The van der Waals surface area contributed by atoms with E-state index in [-0.39, 0.29) is 18.7 Å². The molecule has 2 aromatic rings. The van der Waals surface area contributed by atoms with Gasteiger partial charge < -0.3 is 14.8 Å². The summed E-state index contributed by atoms with van der Waals surface area (Å²) in [6.45, 7) is 4.60. The van der Waals surface area contributed by atoms with Crippen molar-refractivity contribution >= 4 is 5.91 Å². The third-order valence-corrected chi connectivity index (χ3v) is 3.80. The van der Waals surface area contributed by atoms with Gasteiger partial charge >= 0.3 is 0 Å². The number of hydrogen-bond donors (Lipinski definition) is 1. The molecule has 114 valence electrons. The van der Waals surface area contributed by atoms with Crippen LogP contribution in [0.4, 0.5) is 0 Å². The Morgan fingerprint density at radius 3 is 2.91 bits per heavy atom. The minimum atomic E-state index is -0.254. The van der Waals surface area contributed by atoms with Gasteiger partial charge in [0.15, 0.2) is 23.4 Å². The third-order valence-electron chi connectivity index (χ3n) is 3.80. The number of nitrogens with one attached hydrogen (secondary N) is 1.